The zero-order chi connectivity index (χ0) is 35.0. The van der Waals surface area contributed by atoms with E-state index in [1.807, 2.05) is 18.2 Å². The molecule has 4 heterocycles. The van der Waals surface area contributed by atoms with E-state index in [1.165, 1.54) is 22.3 Å². The Morgan fingerprint density at radius 1 is 0.882 bits per heavy atom. The van der Waals surface area contributed by atoms with Gasteiger partial charge in [-0.2, -0.15) is 0 Å². The Bertz CT molecular complexity index is 2030. The van der Waals surface area contributed by atoms with Crippen LogP contribution in [0, 0.1) is 0 Å². The number of anilines is 1. The summed E-state index contributed by atoms with van der Waals surface area (Å²) in [7, 11) is 0. The second kappa shape index (κ2) is 13.6. The van der Waals surface area contributed by atoms with Gasteiger partial charge in [0, 0.05) is 55.7 Å². The molecule has 2 aliphatic heterocycles. The van der Waals surface area contributed by atoms with E-state index < -0.39 is 0 Å². The molecule has 1 atom stereocenters. The van der Waals surface area contributed by atoms with Crippen molar-refractivity contribution in [2.45, 2.75) is 82.8 Å². The van der Waals surface area contributed by atoms with Crippen LogP contribution in [-0.4, -0.2) is 59.6 Å². The molecule has 2 fully saturated rings. The van der Waals surface area contributed by atoms with Gasteiger partial charge in [-0.3, -0.25) is 24.4 Å². The van der Waals surface area contributed by atoms with Crippen molar-refractivity contribution in [3.8, 4) is 17.4 Å². The third-order valence-corrected chi connectivity index (χ3v) is 10.3. The molecule has 1 saturated carbocycles. The summed E-state index contributed by atoms with van der Waals surface area (Å²) < 4.78 is 14.0. The van der Waals surface area contributed by atoms with Crippen LogP contribution in [0.2, 0.25) is 0 Å². The molecule has 51 heavy (non-hydrogen) atoms. The van der Waals surface area contributed by atoms with Crippen molar-refractivity contribution in [1.82, 2.24) is 34.9 Å². The number of nitrogens with zero attached hydrogens (tertiary/aromatic N) is 6. The number of nitrogens with one attached hydrogen (secondary N) is 2. The normalized spacial score (nSPS) is 20.3. The molecule has 1 unspecified atom stereocenters. The van der Waals surface area contributed by atoms with E-state index in [2.05, 4.69) is 104 Å². The Balaban J connectivity index is 0.804. The van der Waals surface area contributed by atoms with Crippen molar-refractivity contribution in [3.05, 3.63) is 120 Å². The molecule has 0 radical (unpaired) electrons. The minimum absolute atomic E-state index is 0.170. The quantitative estimate of drug-likeness (QED) is 0.181. The zero-order valence-corrected chi connectivity index (χ0v) is 28.7. The monoisotopic (exact) mass is 684 g/mol. The van der Waals surface area contributed by atoms with Gasteiger partial charge in [0.05, 0.1) is 11.7 Å². The predicted molar refractivity (Wildman–Crippen MR) is 189 cm³/mol. The standard InChI is InChI=1S/C39H40N8O4/c1-39(2,27-4-9-32(10-5-27)50-22-30-15-16-40-38(44-30)47-23-41-42-24-47)28-6-11-33(12-7-28)51-34-18-31(19-34)43-29-8-3-25-20-46(21-26(25)17-29)35-13-14-36(48)45-37(35)49/h3-12,15-17,23-24,31,34-35,43H,13-14,18-22H2,1-2H3,(H,45,48,49). The molecule has 3 aromatic carbocycles. The molecule has 12 heteroatoms. The van der Waals surface area contributed by atoms with E-state index >= 15 is 0 Å². The summed E-state index contributed by atoms with van der Waals surface area (Å²) in [5.74, 6) is 1.79. The number of piperidine rings is 1. The topological polar surface area (TPSA) is 136 Å². The molecule has 1 saturated heterocycles. The first kappa shape index (κ1) is 32.6. The lowest BCUT2D eigenvalue weighted by atomic mass is 9.78. The van der Waals surface area contributed by atoms with Crippen molar-refractivity contribution >= 4 is 17.5 Å². The number of carbonyl (C=O) groups is 2. The molecule has 0 spiro atoms. The van der Waals surface area contributed by atoms with E-state index in [9.17, 15) is 9.59 Å². The molecular formula is C39H40N8O4. The molecule has 2 aromatic heterocycles. The number of imide groups is 1. The average molecular weight is 685 g/mol. The lowest BCUT2D eigenvalue weighted by Crippen LogP contribution is -2.50. The first-order valence-corrected chi connectivity index (χ1v) is 17.4. The van der Waals surface area contributed by atoms with Crippen molar-refractivity contribution in [2.75, 3.05) is 5.32 Å². The smallest absolute Gasteiger partial charge is 0.243 e. The van der Waals surface area contributed by atoms with Crippen LogP contribution in [0.3, 0.4) is 0 Å². The first-order chi connectivity index (χ1) is 24.8. The summed E-state index contributed by atoms with van der Waals surface area (Å²) in [6, 6.07) is 25.1. The molecule has 8 rings (SSSR count). The van der Waals surface area contributed by atoms with Crippen LogP contribution in [0.5, 0.6) is 11.5 Å². The third kappa shape index (κ3) is 7.04. The molecule has 2 N–H and O–H groups in total. The van der Waals surface area contributed by atoms with E-state index in [-0.39, 0.29) is 29.4 Å². The number of ether oxygens (including phenoxy) is 2. The van der Waals surface area contributed by atoms with Gasteiger partial charge < -0.3 is 14.8 Å². The highest BCUT2D eigenvalue weighted by Gasteiger charge is 2.35. The molecule has 12 nitrogen and oxygen atoms in total. The summed E-state index contributed by atoms with van der Waals surface area (Å²) >= 11 is 0. The summed E-state index contributed by atoms with van der Waals surface area (Å²) in [6.45, 7) is 6.22. The van der Waals surface area contributed by atoms with E-state index in [0.717, 1.165) is 48.8 Å². The molecule has 260 valence electrons. The highest BCUT2D eigenvalue weighted by molar-refractivity contribution is 6.00. The predicted octanol–water partition coefficient (Wildman–Crippen LogP) is 5.10. The second-order valence-electron chi connectivity index (χ2n) is 14.1. The number of rotatable bonds is 11. The van der Waals surface area contributed by atoms with Crippen LogP contribution in [0.4, 0.5) is 5.69 Å². The Morgan fingerprint density at radius 2 is 1.59 bits per heavy atom. The van der Waals surface area contributed by atoms with Gasteiger partial charge in [-0.1, -0.05) is 44.2 Å². The summed E-state index contributed by atoms with van der Waals surface area (Å²) in [5, 5.41) is 13.8. The van der Waals surface area contributed by atoms with Gasteiger partial charge in [0.2, 0.25) is 17.8 Å². The van der Waals surface area contributed by atoms with Crippen LogP contribution in [0.1, 0.15) is 67.5 Å². The maximum atomic E-state index is 12.4. The molecule has 3 aliphatic rings. The van der Waals surface area contributed by atoms with Gasteiger partial charge in [-0.05, 0) is 71.1 Å². The summed E-state index contributed by atoms with van der Waals surface area (Å²) in [6.07, 6.45) is 7.83. The maximum Gasteiger partial charge on any atom is 0.243 e. The van der Waals surface area contributed by atoms with Gasteiger partial charge in [0.15, 0.2) is 0 Å². The molecule has 1 aliphatic carbocycles. The maximum absolute atomic E-state index is 12.4. The van der Waals surface area contributed by atoms with E-state index in [4.69, 9.17) is 9.47 Å². The summed E-state index contributed by atoms with van der Waals surface area (Å²) in [5.41, 5.74) is 6.51. The van der Waals surface area contributed by atoms with E-state index in [0.29, 0.717) is 31.4 Å². The van der Waals surface area contributed by atoms with Crippen molar-refractivity contribution in [2.24, 2.45) is 0 Å². The minimum Gasteiger partial charge on any atom is -0.490 e. The SMILES string of the molecule is CC(C)(c1ccc(OCc2ccnc(-n3cnnc3)n2)cc1)c1ccc(OC2CC(Nc3ccc4c(c3)CN(C3CCC(=O)NC3=O)C4)C2)cc1. The number of hydrogen-bond donors (Lipinski definition) is 2. The Hall–Kier alpha value is -5.62. The highest BCUT2D eigenvalue weighted by Crippen LogP contribution is 2.36. The fourth-order valence-electron chi connectivity index (χ4n) is 7.10. The average Bonchev–Trinajstić information content (AvgIpc) is 3.81. The highest BCUT2D eigenvalue weighted by atomic mass is 16.5. The van der Waals surface area contributed by atoms with Crippen molar-refractivity contribution < 1.29 is 19.1 Å². The van der Waals surface area contributed by atoms with Gasteiger partial charge in [0.1, 0.15) is 36.9 Å². The number of fused-ring (bicyclic) bond motifs is 1. The van der Waals surface area contributed by atoms with Gasteiger partial charge in [0.25, 0.3) is 0 Å². The lowest BCUT2D eigenvalue weighted by Gasteiger charge is -2.36. The van der Waals surface area contributed by atoms with Crippen LogP contribution < -0.4 is 20.1 Å². The summed E-state index contributed by atoms with van der Waals surface area (Å²) in [4.78, 5) is 34.9. The second-order valence-corrected chi connectivity index (χ2v) is 14.1. The number of hydrogen-bond acceptors (Lipinski definition) is 10. The van der Waals surface area contributed by atoms with Crippen molar-refractivity contribution in [1.29, 1.82) is 0 Å². The fourth-order valence-corrected chi connectivity index (χ4v) is 7.10. The van der Waals surface area contributed by atoms with Crippen LogP contribution in [0.15, 0.2) is 91.6 Å². The van der Waals surface area contributed by atoms with Crippen LogP contribution in [0.25, 0.3) is 5.95 Å². The Morgan fingerprint density at radius 3 is 2.31 bits per heavy atom. The zero-order valence-electron chi connectivity index (χ0n) is 28.7. The molecule has 5 aromatic rings. The Labute approximate surface area is 296 Å². The Kier molecular flexibility index (Phi) is 8.68. The van der Waals surface area contributed by atoms with Gasteiger partial charge in [-0.15, -0.1) is 10.2 Å². The third-order valence-electron chi connectivity index (χ3n) is 10.3. The van der Waals surface area contributed by atoms with Crippen LogP contribution >= 0.6 is 0 Å². The van der Waals surface area contributed by atoms with Gasteiger partial charge >= 0.3 is 0 Å². The van der Waals surface area contributed by atoms with E-state index in [1.54, 1.807) is 23.4 Å². The number of carbonyl (C=O) groups excluding carboxylic acids is 2. The van der Waals surface area contributed by atoms with Crippen LogP contribution in [-0.2, 0) is 34.7 Å². The number of amides is 2. The molecular weight excluding hydrogens is 644 g/mol. The molecule has 0 bridgehead atoms. The molecule has 2 amide bonds. The largest absolute Gasteiger partial charge is 0.490 e. The number of benzene rings is 3. The van der Waals surface area contributed by atoms with Gasteiger partial charge in [-0.25, -0.2) is 9.97 Å². The van der Waals surface area contributed by atoms with Crippen molar-refractivity contribution in [3.63, 3.8) is 0 Å². The first-order valence-electron chi connectivity index (χ1n) is 17.4. The fraction of sp³-hybridized carbons (Fsp3) is 0.333. The lowest BCUT2D eigenvalue weighted by molar-refractivity contribution is -0.137. The number of aromatic nitrogens is 5. The minimum atomic E-state index is -0.243.